The van der Waals surface area contributed by atoms with Gasteiger partial charge in [0, 0.05) is 12.2 Å². The van der Waals surface area contributed by atoms with Crippen LogP contribution in [-0.2, 0) is 0 Å². The van der Waals surface area contributed by atoms with Crippen LogP contribution >= 0.6 is 0 Å². The molecule has 0 aliphatic carbocycles. The molecule has 0 aromatic carbocycles. The molecule has 0 radical (unpaired) electrons. The van der Waals surface area contributed by atoms with Gasteiger partial charge in [0.2, 0.25) is 0 Å². The van der Waals surface area contributed by atoms with Crippen molar-refractivity contribution in [3.05, 3.63) is 18.0 Å². The number of aromatic nitrogens is 2. The molecule has 0 spiro atoms. The maximum atomic E-state index is 4.44. The summed E-state index contributed by atoms with van der Waals surface area (Å²) in [7, 11) is 0. The van der Waals surface area contributed by atoms with Gasteiger partial charge in [-0.3, -0.25) is 4.68 Å². The Morgan fingerprint density at radius 2 is 2.21 bits per heavy atom. The first kappa shape index (κ1) is 11.2. The predicted molar refractivity (Wildman–Crippen MR) is 59.4 cm³/mol. The Balaban J connectivity index is 2.66. The van der Waals surface area contributed by atoms with Crippen LogP contribution in [-0.4, -0.2) is 22.4 Å². The molecule has 0 amide bonds. The van der Waals surface area contributed by atoms with Crippen LogP contribution in [0.25, 0.3) is 0 Å². The molecule has 0 saturated heterocycles. The molecule has 0 bridgehead atoms. The highest BCUT2D eigenvalue weighted by atomic mass is 15.3. The lowest BCUT2D eigenvalue weighted by Gasteiger charge is -2.23. The first-order valence-electron chi connectivity index (χ1n) is 5.44. The Labute approximate surface area is 86.5 Å². The lowest BCUT2D eigenvalue weighted by atomic mass is 10.1. The van der Waals surface area contributed by atoms with E-state index >= 15 is 0 Å². The Morgan fingerprint density at radius 1 is 1.50 bits per heavy atom. The van der Waals surface area contributed by atoms with Crippen LogP contribution in [0.2, 0.25) is 0 Å². The summed E-state index contributed by atoms with van der Waals surface area (Å²) in [6.07, 6.45) is 3.19. The van der Waals surface area contributed by atoms with Gasteiger partial charge in [-0.15, -0.1) is 0 Å². The van der Waals surface area contributed by atoms with Gasteiger partial charge in [-0.05, 0) is 32.9 Å². The fourth-order valence-electron chi connectivity index (χ4n) is 1.76. The minimum absolute atomic E-state index is 0.425. The van der Waals surface area contributed by atoms with E-state index in [0.717, 1.165) is 18.7 Å². The van der Waals surface area contributed by atoms with Crippen molar-refractivity contribution in [1.29, 1.82) is 0 Å². The van der Waals surface area contributed by atoms with Crippen molar-refractivity contribution in [3.8, 4) is 0 Å². The highest BCUT2D eigenvalue weighted by molar-refractivity contribution is 4.96. The van der Waals surface area contributed by atoms with Crippen LogP contribution in [0.15, 0.2) is 12.3 Å². The van der Waals surface area contributed by atoms with Crippen molar-refractivity contribution in [2.45, 2.75) is 46.2 Å². The molecule has 1 heterocycles. The zero-order valence-corrected chi connectivity index (χ0v) is 9.62. The topological polar surface area (TPSA) is 29.9 Å². The van der Waals surface area contributed by atoms with E-state index in [2.05, 4.69) is 43.4 Å². The van der Waals surface area contributed by atoms with Crippen molar-refractivity contribution in [2.75, 3.05) is 6.54 Å². The van der Waals surface area contributed by atoms with Crippen LogP contribution < -0.4 is 5.32 Å². The Morgan fingerprint density at radius 3 is 2.64 bits per heavy atom. The Kier molecular flexibility index (Phi) is 4.14. The third-order valence-corrected chi connectivity index (χ3v) is 2.65. The smallest absolute Gasteiger partial charge is 0.0643 e. The summed E-state index contributed by atoms with van der Waals surface area (Å²) in [5, 5.41) is 7.92. The van der Waals surface area contributed by atoms with E-state index in [-0.39, 0.29) is 0 Å². The summed E-state index contributed by atoms with van der Waals surface area (Å²) >= 11 is 0. The standard InChI is InChI=1S/C11H21N3/c1-5-11(12-6-2)10(4)14-8-7-9(3)13-14/h7-8,10-12H,5-6H2,1-4H3. The highest BCUT2D eigenvalue weighted by Crippen LogP contribution is 2.13. The molecule has 1 N–H and O–H groups in total. The minimum atomic E-state index is 0.425. The molecular formula is C11H21N3. The molecular weight excluding hydrogens is 174 g/mol. The second kappa shape index (κ2) is 5.15. The monoisotopic (exact) mass is 195 g/mol. The third-order valence-electron chi connectivity index (χ3n) is 2.65. The van der Waals surface area contributed by atoms with Crippen molar-refractivity contribution in [1.82, 2.24) is 15.1 Å². The molecule has 0 aliphatic heterocycles. The van der Waals surface area contributed by atoms with Gasteiger partial charge in [0.15, 0.2) is 0 Å². The molecule has 2 atom stereocenters. The van der Waals surface area contributed by atoms with E-state index in [9.17, 15) is 0 Å². The number of nitrogens with one attached hydrogen (secondary N) is 1. The van der Waals surface area contributed by atoms with E-state index in [0.29, 0.717) is 12.1 Å². The maximum Gasteiger partial charge on any atom is 0.0643 e. The quantitative estimate of drug-likeness (QED) is 0.780. The first-order chi connectivity index (χ1) is 6.69. The van der Waals surface area contributed by atoms with Crippen LogP contribution in [0.1, 0.15) is 38.9 Å². The van der Waals surface area contributed by atoms with E-state index in [1.807, 2.05) is 11.6 Å². The maximum absolute atomic E-state index is 4.44. The molecule has 1 aromatic rings. The summed E-state index contributed by atoms with van der Waals surface area (Å²) in [5.74, 6) is 0. The van der Waals surface area contributed by atoms with Gasteiger partial charge in [0.25, 0.3) is 0 Å². The summed E-state index contributed by atoms with van der Waals surface area (Å²) in [5.41, 5.74) is 1.09. The molecule has 1 aromatic heterocycles. The van der Waals surface area contributed by atoms with E-state index in [1.165, 1.54) is 0 Å². The van der Waals surface area contributed by atoms with Crippen LogP contribution in [0, 0.1) is 6.92 Å². The number of rotatable bonds is 5. The predicted octanol–water partition coefficient (Wildman–Crippen LogP) is 2.14. The van der Waals surface area contributed by atoms with Crippen molar-refractivity contribution >= 4 is 0 Å². The Bertz CT molecular complexity index is 267. The van der Waals surface area contributed by atoms with E-state index < -0.39 is 0 Å². The summed E-state index contributed by atoms with van der Waals surface area (Å²) in [6.45, 7) is 9.60. The number of likely N-dealkylation sites (N-methyl/N-ethyl adjacent to an activating group) is 1. The summed E-state index contributed by atoms with van der Waals surface area (Å²) in [6, 6.07) is 2.99. The molecule has 0 fully saturated rings. The number of hydrogen-bond acceptors (Lipinski definition) is 2. The van der Waals surface area contributed by atoms with Gasteiger partial charge < -0.3 is 5.32 Å². The second-order valence-electron chi connectivity index (χ2n) is 3.75. The molecule has 2 unspecified atom stereocenters. The molecule has 14 heavy (non-hydrogen) atoms. The van der Waals surface area contributed by atoms with Gasteiger partial charge >= 0.3 is 0 Å². The minimum Gasteiger partial charge on any atom is -0.312 e. The summed E-state index contributed by atoms with van der Waals surface area (Å²) < 4.78 is 2.05. The van der Waals surface area contributed by atoms with E-state index in [1.54, 1.807) is 0 Å². The number of nitrogens with zero attached hydrogens (tertiary/aromatic N) is 2. The number of aryl methyl sites for hydroxylation is 1. The van der Waals surface area contributed by atoms with Crippen molar-refractivity contribution in [2.24, 2.45) is 0 Å². The first-order valence-corrected chi connectivity index (χ1v) is 5.44. The molecule has 0 saturated carbocycles. The van der Waals surface area contributed by atoms with Gasteiger partial charge in [-0.1, -0.05) is 13.8 Å². The molecule has 3 heteroatoms. The molecule has 3 nitrogen and oxygen atoms in total. The highest BCUT2D eigenvalue weighted by Gasteiger charge is 2.15. The average Bonchev–Trinajstić information content (AvgIpc) is 2.60. The van der Waals surface area contributed by atoms with Gasteiger partial charge in [-0.25, -0.2) is 0 Å². The average molecular weight is 195 g/mol. The van der Waals surface area contributed by atoms with Crippen LogP contribution in [0.5, 0.6) is 0 Å². The zero-order valence-electron chi connectivity index (χ0n) is 9.62. The largest absolute Gasteiger partial charge is 0.312 e. The van der Waals surface area contributed by atoms with Gasteiger partial charge in [-0.2, -0.15) is 5.10 Å². The molecule has 80 valence electrons. The molecule has 0 aliphatic rings. The lowest BCUT2D eigenvalue weighted by molar-refractivity contribution is 0.343. The third kappa shape index (κ3) is 2.58. The molecule has 1 rings (SSSR count). The van der Waals surface area contributed by atoms with Gasteiger partial charge in [0.1, 0.15) is 0 Å². The van der Waals surface area contributed by atoms with Crippen LogP contribution in [0.4, 0.5) is 0 Å². The van der Waals surface area contributed by atoms with Crippen molar-refractivity contribution in [3.63, 3.8) is 0 Å². The van der Waals surface area contributed by atoms with Crippen molar-refractivity contribution < 1.29 is 0 Å². The van der Waals surface area contributed by atoms with Crippen LogP contribution in [0.3, 0.4) is 0 Å². The fraction of sp³-hybridized carbons (Fsp3) is 0.727. The summed E-state index contributed by atoms with van der Waals surface area (Å²) in [4.78, 5) is 0. The zero-order chi connectivity index (χ0) is 10.6. The van der Waals surface area contributed by atoms with E-state index in [4.69, 9.17) is 0 Å². The normalized spacial score (nSPS) is 15.4. The fourth-order valence-corrected chi connectivity index (χ4v) is 1.76. The second-order valence-corrected chi connectivity index (χ2v) is 3.75. The lowest BCUT2D eigenvalue weighted by Crippen LogP contribution is -2.35. The van der Waals surface area contributed by atoms with Gasteiger partial charge in [0.05, 0.1) is 11.7 Å². The SMILES string of the molecule is CCNC(CC)C(C)n1ccc(C)n1. The Hall–Kier alpha value is -0.830. The number of hydrogen-bond donors (Lipinski definition) is 1.